The molecule has 1 saturated carbocycles. The maximum absolute atomic E-state index is 12.6. The molecule has 0 N–H and O–H groups in total. The predicted molar refractivity (Wildman–Crippen MR) is 80.1 cm³/mol. The first-order valence-corrected chi connectivity index (χ1v) is 7.67. The molecule has 20 heavy (non-hydrogen) atoms. The minimum absolute atomic E-state index is 0.0231. The number of fused-ring (bicyclic) bond motifs is 1. The van der Waals surface area contributed by atoms with E-state index in [1.807, 2.05) is 24.3 Å². The molecule has 0 spiro atoms. The van der Waals surface area contributed by atoms with Crippen molar-refractivity contribution in [2.45, 2.75) is 31.5 Å². The van der Waals surface area contributed by atoms with E-state index in [-0.39, 0.29) is 23.9 Å². The van der Waals surface area contributed by atoms with E-state index in [4.69, 9.17) is 9.47 Å². The van der Waals surface area contributed by atoms with Crippen LogP contribution in [0.3, 0.4) is 0 Å². The number of hydrogen-bond donors (Lipinski definition) is 0. The Morgan fingerprint density at radius 1 is 1.25 bits per heavy atom. The number of Topliss-reactive ketones (excluding diaryl/α,β-unsaturated/α-hetero) is 1. The lowest BCUT2D eigenvalue weighted by Gasteiger charge is -2.37. The number of carbonyl (C=O) groups excluding carboxylic acids is 1. The summed E-state index contributed by atoms with van der Waals surface area (Å²) in [6.07, 6.45) is 4.39. The van der Waals surface area contributed by atoms with Crippen LogP contribution in [0.25, 0.3) is 5.57 Å². The minimum atomic E-state index is -0.0274. The van der Waals surface area contributed by atoms with Crippen molar-refractivity contribution in [2.24, 2.45) is 5.92 Å². The van der Waals surface area contributed by atoms with Crippen LogP contribution in [-0.2, 0) is 14.3 Å². The van der Waals surface area contributed by atoms with Gasteiger partial charge in [-0.15, -0.1) is 0 Å². The predicted octanol–water partition coefficient (Wildman–Crippen LogP) is 3.57. The van der Waals surface area contributed by atoms with Crippen LogP contribution in [0.1, 0.15) is 24.8 Å². The van der Waals surface area contributed by atoms with E-state index in [9.17, 15) is 4.79 Å². The Bertz CT molecular complexity index is 535. The van der Waals surface area contributed by atoms with Gasteiger partial charge in [0.1, 0.15) is 6.10 Å². The van der Waals surface area contributed by atoms with Crippen LogP contribution in [0.4, 0.5) is 0 Å². The molecule has 1 aromatic rings. The van der Waals surface area contributed by atoms with Gasteiger partial charge in [0.05, 0.1) is 23.9 Å². The fourth-order valence-corrected chi connectivity index (χ4v) is 3.27. The third kappa shape index (κ3) is 2.54. The van der Waals surface area contributed by atoms with Crippen LogP contribution in [0.15, 0.2) is 35.0 Å². The molecule has 1 aliphatic carbocycles. The molecule has 2 aliphatic rings. The van der Waals surface area contributed by atoms with Crippen molar-refractivity contribution in [3.05, 3.63) is 40.6 Å². The number of allylic oxidation sites excluding steroid dienone is 1. The lowest BCUT2D eigenvalue weighted by molar-refractivity contribution is -0.127. The van der Waals surface area contributed by atoms with Gasteiger partial charge in [-0.1, -0.05) is 28.1 Å². The first-order valence-electron chi connectivity index (χ1n) is 6.87. The van der Waals surface area contributed by atoms with E-state index in [2.05, 4.69) is 15.9 Å². The van der Waals surface area contributed by atoms with Crippen LogP contribution < -0.4 is 0 Å². The number of carbonyl (C=O) groups is 1. The Kier molecular flexibility index (Phi) is 3.94. The molecule has 1 aromatic carbocycles. The second kappa shape index (κ2) is 5.70. The Balaban J connectivity index is 1.83. The van der Waals surface area contributed by atoms with Crippen LogP contribution in [0.5, 0.6) is 0 Å². The quantitative estimate of drug-likeness (QED) is 0.828. The molecule has 1 fully saturated rings. The topological polar surface area (TPSA) is 35.5 Å². The summed E-state index contributed by atoms with van der Waals surface area (Å²) in [6, 6.07) is 7.77. The number of rotatable bonds is 2. The van der Waals surface area contributed by atoms with Crippen LogP contribution in [0, 0.1) is 5.92 Å². The standard InChI is InChI=1S/C16H17BrO3/c1-19-12-6-7-13-15(8-12)20-9-14(16(13)18)10-2-4-11(17)5-3-10/h2-5,9,12-13,15H,6-8H2,1H3. The molecule has 0 saturated heterocycles. The fourth-order valence-electron chi connectivity index (χ4n) is 3.01. The highest BCUT2D eigenvalue weighted by atomic mass is 79.9. The number of methoxy groups -OCH3 is 1. The lowest BCUT2D eigenvalue weighted by Crippen LogP contribution is -2.41. The average Bonchev–Trinajstić information content (AvgIpc) is 2.48. The van der Waals surface area contributed by atoms with Gasteiger partial charge < -0.3 is 9.47 Å². The normalized spacial score (nSPS) is 29.4. The van der Waals surface area contributed by atoms with Crippen molar-refractivity contribution in [3.8, 4) is 0 Å². The van der Waals surface area contributed by atoms with Crippen molar-refractivity contribution >= 4 is 27.3 Å². The lowest BCUT2D eigenvalue weighted by atomic mass is 9.78. The molecular weight excluding hydrogens is 320 g/mol. The molecule has 0 bridgehead atoms. The van der Waals surface area contributed by atoms with Crippen LogP contribution in [-0.4, -0.2) is 25.1 Å². The molecule has 3 rings (SSSR count). The summed E-state index contributed by atoms with van der Waals surface area (Å²) in [5, 5.41) is 0. The van der Waals surface area contributed by atoms with Crippen molar-refractivity contribution < 1.29 is 14.3 Å². The third-order valence-corrected chi connectivity index (χ3v) is 4.72. The molecule has 1 heterocycles. The zero-order valence-electron chi connectivity index (χ0n) is 11.3. The van der Waals surface area contributed by atoms with Crippen molar-refractivity contribution in [1.82, 2.24) is 0 Å². The molecule has 3 unspecified atom stereocenters. The van der Waals surface area contributed by atoms with E-state index in [1.54, 1.807) is 13.4 Å². The number of benzene rings is 1. The Hall–Kier alpha value is -1.13. The van der Waals surface area contributed by atoms with Crippen LogP contribution in [0.2, 0.25) is 0 Å². The van der Waals surface area contributed by atoms with Gasteiger partial charge in [-0.25, -0.2) is 0 Å². The van der Waals surface area contributed by atoms with Crippen molar-refractivity contribution in [3.63, 3.8) is 0 Å². The molecule has 106 valence electrons. The van der Waals surface area contributed by atoms with Gasteiger partial charge in [0.25, 0.3) is 0 Å². The van der Waals surface area contributed by atoms with Gasteiger partial charge in [-0.2, -0.15) is 0 Å². The van der Waals surface area contributed by atoms with E-state index < -0.39 is 0 Å². The minimum Gasteiger partial charge on any atom is -0.496 e. The van der Waals surface area contributed by atoms with E-state index >= 15 is 0 Å². The van der Waals surface area contributed by atoms with Crippen molar-refractivity contribution in [1.29, 1.82) is 0 Å². The molecule has 3 nitrogen and oxygen atoms in total. The Morgan fingerprint density at radius 2 is 2.00 bits per heavy atom. The van der Waals surface area contributed by atoms with Crippen LogP contribution >= 0.6 is 15.9 Å². The zero-order valence-corrected chi connectivity index (χ0v) is 12.9. The number of hydrogen-bond acceptors (Lipinski definition) is 3. The number of halogens is 1. The third-order valence-electron chi connectivity index (χ3n) is 4.20. The van der Waals surface area contributed by atoms with Gasteiger partial charge in [0.15, 0.2) is 5.78 Å². The summed E-state index contributed by atoms with van der Waals surface area (Å²) >= 11 is 3.40. The second-order valence-electron chi connectivity index (χ2n) is 5.35. The molecule has 4 heteroatoms. The summed E-state index contributed by atoms with van der Waals surface area (Å²) < 4.78 is 12.2. The SMILES string of the molecule is COC1CCC2C(=O)C(c3ccc(Br)cc3)=COC2C1. The molecule has 0 radical (unpaired) electrons. The summed E-state index contributed by atoms with van der Waals surface area (Å²) in [4.78, 5) is 12.6. The molecule has 3 atom stereocenters. The zero-order chi connectivity index (χ0) is 14.1. The van der Waals surface area contributed by atoms with E-state index in [1.165, 1.54) is 0 Å². The summed E-state index contributed by atoms with van der Waals surface area (Å²) in [7, 11) is 1.72. The Morgan fingerprint density at radius 3 is 2.70 bits per heavy atom. The monoisotopic (exact) mass is 336 g/mol. The average molecular weight is 337 g/mol. The molecule has 0 aromatic heterocycles. The van der Waals surface area contributed by atoms with E-state index in [0.29, 0.717) is 5.57 Å². The molecule has 0 amide bonds. The fraction of sp³-hybridized carbons (Fsp3) is 0.438. The smallest absolute Gasteiger partial charge is 0.173 e. The van der Waals surface area contributed by atoms with Gasteiger partial charge in [-0.3, -0.25) is 4.79 Å². The highest BCUT2D eigenvalue weighted by molar-refractivity contribution is 9.10. The highest BCUT2D eigenvalue weighted by Crippen LogP contribution is 2.37. The number of ketones is 1. The summed E-state index contributed by atoms with van der Waals surface area (Å²) in [5.41, 5.74) is 1.61. The summed E-state index contributed by atoms with van der Waals surface area (Å²) in [5.74, 6) is 0.183. The first-order chi connectivity index (χ1) is 9.69. The summed E-state index contributed by atoms with van der Waals surface area (Å²) in [6.45, 7) is 0. The van der Waals surface area contributed by atoms with Gasteiger partial charge >= 0.3 is 0 Å². The second-order valence-corrected chi connectivity index (χ2v) is 6.27. The number of ether oxygens (including phenoxy) is 2. The first kappa shape index (κ1) is 13.8. The van der Waals surface area contributed by atoms with E-state index in [0.717, 1.165) is 29.3 Å². The largest absolute Gasteiger partial charge is 0.496 e. The van der Waals surface area contributed by atoms with Gasteiger partial charge in [-0.05, 0) is 30.5 Å². The Labute approximate surface area is 127 Å². The maximum atomic E-state index is 12.6. The maximum Gasteiger partial charge on any atom is 0.173 e. The van der Waals surface area contributed by atoms with Gasteiger partial charge in [0, 0.05) is 18.0 Å². The molecule has 1 aliphatic heterocycles. The van der Waals surface area contributed by atoms with Crippen molar-refractivity contribution in [2.75, 3.05) is 7.11 Å². The highest BCUT2D eigenvalue weighted by Gasteiger charge is 2.40. The molecular formula is C16H17BrO3. The van der Waals surface area contributed by atoms with Gasteiger partial charge in [0.2, 0.25) is 0 Å².